The molecule has 0 aliphatic rings. The summed E-state index contributed by atoms with van der Waals surface area (Å²) in [5.41, 5.74) is 9.06. The summed E-state index contributed by atoms with van der Waals surface area (Å²) in [6, 6.07) is 14.0. The zero-order valence-corrected chi connectivity index (χ0v) is 11.6. The van der Waals surface area contributed by atoms with Gasteiger partial charge in [-0.05, 0) is 54.3 Å². The molecule has 19 heavy (non-hydrogen) atoms. The van der Waals surface area contributed by atoms with Crippen LogP contribution in [0.1, 0.15) is 31.4 Å². The third-order valence-corrected chi connectivity index (χ3v) is 3.15. The van der Waals surface area contributed by atoms with E-state index in [9.17, 15) is 0 Å². The summed E-state index contributed by atoms with van der Waals surface area (Å²) < 4.78 is 5.93. The van der Waals surface area contributed by atoms with E-state index in [0.29, 0.717) is 0 Å². The molecule has 0 bridgehead atoms. The van der Waals surface area contributed by atoms with Crippen LogP contribution in [0.5, 0.6) is 11.5 Å². The molecule has 2 rings (SSSR count). The summed E-state index contributed by atoms with van der Waals surface area (Å²) in [5, 5.41) is 0. The molecule has 2 heteroatoms. The van der Waals surface area contributed by atoms with Gasteiger partial charge in [0.25, 0.3) is 0 Å². The molecule has 0 radical (unpaired) electrons. The second-order valence-electron chi connectivity index (χ2n) is 4.72. The highest BCUT2D eigenvalue weighted by molar-refractivity contribution is 5.45. The van der Waals surface area contributed by atoms with Gasteiger partial charge in [-0.25, -0.2) is 0 Å². The summed E-state index contributed by atoms with van der Waals surface area (Å²) in [6.07, 6.45) is 3.26. The lowest BCUT2D eigenvalue weighted by molar-refractivity contribution is 0.476. The Labute approximate surface area is 115 Å². The van der Waals surface area contributed by atoms with Crippen molar-refractivity contribution < 1.29 is 4.74 Å². The van der Waals surface area contributed by atoms with Crippen LogP contribution in [0.25, 0.3) is 0 Å². The molecular formula is C17H21NO. The standard InChI is InChI=1S/C17H21NO/c1-3-5-13-6-11-17(14(4-2)12-13)19-16-9-7-15(18)8-10-16/h6-12H,3-5,18H2,1-2H3. The summed E-state index contributed by atoms with van der Waals surface area (Å²) in [6.45, 7) is 4.35. The van der Waals surface area contributed by atoms with E-state index >= 15 is 0 Å². The third-order valence-electron chi connectivity index (χ3n) is 3.15. The van der Waals surface area contributed by atoms with Gasteiger partial charge in [-0.3, -0.25) is 0 Å². The van der Waals surface area contributed by atoms with Gasteiger partial charge in [0.2, 0.25) is 0 Å². The maximum atomic E-state index is 5.93. The quantitative estimate of drug-likeness (QED) is 0.794. The minimum atomic E-state index is 0.751. The van der Waals surface area contributed by atoms with Crippen molar-refractivity contribution in [3.8, 4) is 11.5 Å². The number of nitrogens with two attached hydrogens (primary N) is 1. The molecular weight excluding hydrogens is 234 g/mol. The summed E-state index contributed by atoms with van der Waals surface area (Å²) in [7, 11) is 0. The Morgan fingerprint density at radius 3 is 2.37 bits per heavy atom. The average Bonchev–Trinajstić information content (AvgIpc) is 2.43. The molecule has 0 aromatic heterocycles. The van der Waals surface area contributed by atoms with E-state index in [0.717, 1.165) is 30.0 Å². The van der Waals surface area contributed by atoms with Crippen molar-refractivity contribution in [1.29, 1.82) is 0 Å². The minimum Gasteiger partial charge on any atom is -0.457 e. The lowest BCUT2D eigenvalue weighted by Crippen LogP contribution is -1.93. The van der Waals surface area contributed by atoms with Gasteiger partial charge in [-0.1, -0.05) is 32.4 Å². The third kappa shape index (κ3) is 3.50. The Morgan fingerprint density at radius 2 is 1.74 bits per heavy atom. The van der Waals surface area contributed by atoms with Gasteiger partial charge in [-0.2, -0.15) is 0 Å². The van der Waals surface area contributed by atoms with Crippen LogP contribution in [0, 0.1) is 0 Å². The molecule has 0 saturated carbocycles. The predicted octanol–water partition coefficient (Wildman–Crippen LogP) is 4.58. The monoisotopic (exact) mass is 255 g/mol. The van der Waals surface area contributed by atoms with Crippen molar-refractivity contribution >= 4 is 5.69 Å². The van der Waals surface area contributed by atoms with Crippen LogP contribution in [0.4, 0.5) is 5.69 Å². The van der Waals surface area contributed by atoms with E-state index in [1.807, 2.05) is 24.3 Å². The van der Waals surface area contributed by atoms with Gasteiger partial charge < -0.3 is 10.5 Å². The number of nitrogen functional groups attached to an aromatic ring is 1. The number of hydrogen-bond donors (Lipinski definition) is 1. The van der Waals surface area contributed by atoms with E-state index in [2.05, 4.69) is 32.0 Å². The maximum absolute atomic E-state index is 5.93. The fraction of sp³-hybridized carbons (Fsp3) is 0.294. The average molecular weight is 255 g/mol. The summed E-state index contributed by atoms with van der Waals surface area (Å²) >= 11 is 0. The fourth-order valence-corrected chi connectivity index (χ4v) is 2.12. The van der Waals surface area contributed by atoms with Crippen LogP contribution in [0.2, 0.25) is 0 Å². The first-order valence-corrected chi connectivity index (χ1v) is 6.88. The smallest absolute Gasteiger partial charge is 0.130 e. The first-order chi connectivity index (χ1) is 9.22. The van der Waals surface area contributed by atoms with Crippen molar-refractivity contribution in [1.82, 2.24) is 0 Å². The Balaban J connectivity index is 2.21. The second-order valence-corrected chi connectivity index (χ2v) is 4.72. The molecule has 100 valence electrons. The summed E-state index contributed by atoms with van der Waals surface area (Å²) in [5.74, 6) is 1.76. The van der Waals surface area contributed by atoms with Gasteiger partial charge in [-0.15, -0.1) is 0 Å². The Hall–Kier alpha value is -1.96. The van der Waals surface area contributed by atoms with E-state index < -0.39 is 0 Å². The van der Waals surface area contributed by atoms with Gasteiger partial charge in [0.15, 0.2) is 0 Å². The highest BCUT2D eigenvalue weighted by atomic mass is 16.5. The van der Waals surface area contributed by atoms with Gasteiger partial charge in [0.05, 0.1) is 0 Å². The number of ether oxygens (including phenoxy) is 1. The largest absolute Gasteiger partial charge is 0.457 e. The van der Waals surface area contributed by atoms with Crippen LogP contribution in [-0.2, 0) is 12.8 Å². The van der Waals surface area contributed by atoms with Crippen molar-refractivity contribution in [3.63, 3.8) is 0 Å². The lowest BCUT2D eigenvalue weighted by atomic mass is 10.0. The number of hydrogen-bond acceptors (Lipinski definition) is 2. The maximum Gasteiger partial charge on any atom is 0.130 e. The molecule has 2 nitrogen and oxygen atoms in total. The van der Waals surface area contributed by atoms with E-state index in [1.54, 1.807) is 0 Å². The Morgan fingerprint density at radius 1 is 1.00 bits per heavy atom. The van der Waals surface area contributed by atoms with E-state index in [-0.39, 0.29) is 0 Å². The van der Waals surface area contributed by atoms with Gasteiger partial charge >= 0.3 is 0 Å². The minimum absolute atomic E-state index is 0.751. The molecule has 2 aromatic carbocycles. The lowest BCUT2D eigenvalue weighted by Gasteiger charge is -2.12. The SMILES string of the molecule is CCCc1ccc(Oc2ccc(N)cc2)c(CC)c1. The van der Waals surface area contributed by atoms with Crippen LogP contribution < -0.4 is 10.5 Å². The molecule has 0 amide bonds. The molecule has 0 unspecified atom stereocenters. The second kappa shape index (κ2) is 6.28. The van der Waals surface area contributed by atoms with Gasteiger partial charge in [0, 0.05) is 5.69 Å². The predicted molar refractivity (Wildman–Crippen MR) is 80.7 cm³/mol. The molecule has 0 saturated heterocycles. The highest BCUT2D eigenvalue weighted by Gasteiger charge is 2.05. The molecule has 0 atom stereocenters. The number of anilines is 1. The Bertz CT molecular complexity index is 531. The highest BCUT2D eigenvalue weighted by Crippen LogP contribution is 2.27. The Kier molecular flexibility index (Phi) is 4.45. The number of rotatable bonds is 5. The van der Waals surface area contributed by atoms with Crippen molar-refractivity contribution in [2.24, 2.45) is 0 Å². The molecule has 2 aromatic rings. The van der Waals surface area contributed by atoms with Crippen molar-refractivity contribution in [2.75, 3.05) is 5.73 Å². The van der Waals surface area contributed by atoms with Crippen molar-refractivity contribution in [3.05, 3.63) is 53.6 Å². The van der Waals surface area contributed by atoms with Gasteiger partial charge in [0.1, 0.15) is 11.5 Å². The first-order valence-electron chi connectivity index (χ1n) is 6.88. The van der Waals surface area contributed by atoms with Crippen molar-refractivity contribution in [2.45, 2.75) is 33.1 Å². The van der Waals surface area contributed by atoms with Crippen LogP contribution in [0.3, 0.4) is 0 Å². The number of aryl methyl sites for hydroxylation is 2. The first kappa shape index (κ1) is 13.5. The van der Waals surface area contributed by atoms with Crippen LogP contribution in [0.15, 0.2) is 42.5 Å². The fourth-order valence-electron chi connectivity index (χ4n) is 2.12. The topological polar surface area (TPSA) is 35.2 Å². The molecule has 0 aliphatic heterocycles. The summed E-state index contributed by atoms with van der Waals surface area (Å²) in [4.78, 5) is 0. The zero-order chi connectivity index (χ0) is 13.7. The van der Waals surface area contributed by atoms with Crippen LogP contribution >= 0.6 is 0 Å². The molecule has 2 N–H and O–H groups in total. The van der Waals surface area contributed by atoms with E-state index in [4.69, 9.17) is 10.5 Å². The van der Waals surface area contributed by atoms with Crippen LogP contribution in [-0.4, -0.2) is 0 Å². The number of benzene rings is 2. The zero-order valence-electron chi connectivity index (χ0n) is 11.6. The molecule has 0 aliphatic carbocycles. The molecule has 0 fully saturated rings. The normalized spacial score (nSPS) is 10.4. The van der Waals surface area contributed by atoms with E-state index in [1.165, 1.54) is 17.5 Å². The molecule has 0 spiro atoms. The molecule has 0 heterocycles.